The molecule has 0 radical (unpaired) electrons. The fraction of sp³-hybridized carbons (Fsp3) is 0.429. The summed E-state index contributed by atoms with van der Waals surface area (Å²) in [5.41, 5.74) is 0.842. The third-order valence-corrected chi connectivity index (χ3v) is 3.52. The number of aromatic nitrogens is 4. The fourth-order valence-electron chi connectivity index (χ4n) is 2.46. The van der Waals surface area contributed by atoms with Crippen LogP contribution in [0, 0.1) is 0 Å². The number of nitrogens with one attached hydrogen (secondary N) is 1. The number of ether oxygens (including phenoxy) is 1. The van der Waals surface area contributed by atoms with E-state index in [2.05, 4.69) is 20.8 Å². The van der Waals surface area contributed by atoms with Crippen molar-refractivity contribution in [2.24, 2.45) is 0 Å². The fourth-order valence-corrected chi connectivity index (χ4v) is 2.46. The highest BCUT2D eigenvalue weighted by molar-refractivity contribution is 5.83. The summed E-state index contributed by atoms with van der Waals surface area (Å²) in [6.07, 6.45) is 3.60. The lowest BCUT2D eigenvalue weighted by atomic mass is 10.1. The van der Waals surface area contributed by atoms with Gasteiger partial charge < -0.3 is 10.1 Å². The molecule has 1 saturated heterocycles. The van der Waals surface area contributed by atoms with E-state index in [1.165, 1.54) is 11.0 Å². The second-order valence-corrected chi connectivity index (χ2v) is 4.98. The van der Waals surface area contributed by atoms with Crippen molar-refractivity contribution in [1.29, 1.82) is 0 Å². The highest BCUT2D eigenvalue weighted by atomic mass is 16.5. The van der Waals surface area contributed by atoms with E-state index in [4.69, 9.17) is 4.74 Å². The Morgan fingerprint density at radius 1 is 1.43 bits per heavy atom. The molecule has 3 rings (SSSR count). The zero-order valence-corrected chi connectivity index (χ0v) is 11.6. The van der Waals surface area contributed by atoms with Crippen LogP contribution in [0.25, 0.3) is 0 Å². The van der Waals surface area contributed by atoms with Crippen molar-refractivity contribution in [3.63, 3.8) is 0 Å². The zero-order chi connectivity index (χ0) is 14.5. The smallest absolute Gasteiger partial charge is 0.249 e. The van der Waals surface area contributed by atoms with Crippen molar-refractivity contribution < 1.29 is 9.53 Å². The van der Waals surface area contributed by atoms with Crippen molar-refractivity contribution >= 4 is 5.91 Å². The van der Waals surface area contributed by atoms with Gasteiger partial charge in [-0.3, -0.25) is 4.79 Å². The van der Waals surface area contributed by atoms with Crippen molar-refractivity contribution in [3.8, 4) is 0 Å². The van der Waals surface area contributed by atoms with Crippen LogP contribution in [0.4, 0.5) is 0 Å². The van der Waals surface area contributed by atoms with Crippen molar-refractivity contribution in [2.75, 3.05) is 13.2 Å². The zero-order valence-electron chi connectivity index (χ0n) is 11.6. The van der Waals surface area contributed by atoms with E-state index in [1.807, 2.05) is 30.3 Å². The number of rotatable bonds is 5. The maximum Gasteiger partial charge on any atom is 0.249 e. The Balaban J connectivity index is 1.74. The van der Waals surface area contributed by atoms with Gasteiger partial charge >= 0.3 is 0 Å². The first kappa shape index (κ1) is 13.7. The Labute approximate surface area is 122 Å². The van der Waals surface area contributed by atoms with E-state index in [9.17, 15) is 4.79 Å². The van der Waals surface area contributed by atoms with E-state index in [0.717, 1.165) is 25.0 Å². The average Bonchev–Trinajstić information content (AvgIpc) is 3.20. The van der Waals surface area contributed by atoms with Gasteiger partial charge in [0.25, 0.3) is 0 Å². The van der Waals surface area contributed by atoms with Crippen LogP contribution in [0.5, 0.6) is 0 Å². The van der Waals surface area contributed by atoms with Gasteiger partial charge in [-0.1, -0.05) is 30.3 Å². The molecular formula is C14H17N5O2. The highest BCUT2D eigenvalue weighted by Gasteiger charge is 2.25. The number of nitrogens with zero attached hydrogens (tertiary/aromatic N) is 4. The monoisotopic (exact) mass is 287 g/mol. The third-order valence-electron chi connectivity index (χ3n) is 3.52. The quantitative estimate of drug-likeness (QED) is 0.869. The van der Waals surface area contributed by atoms with Gasteiger partial charge in [-0.15, -0.1) is 5.10 Å². The molecular weight excluding hydrogens is 270 g/mol. The lowest BCUT2D eigenvalue weighted by Crippen LogP contribution is -2.38. The molecule has 2 atom stereocenters. The first-order chi connectivity index (χ1) is 10.3. The van der Waals surface area contributed by atoms with E-state index >= 15 is 0 Å². The lowest BCUT2D eigenvalue weighted by Gasteiger charge is -2.18. The number of carbonyl (C=O) groups excluding carboxylic acids is 1. The van der Waals surface area contributed by atoms with E-state index < -0.39 is 6.04 Å². The van der Waals surface area contributed by atoms with Gasteiger partial charge in [-0.2, -0.15) is 0 Å². The van der Waals surface area contributed by atoms with E-state index in [-0.39, 0.29) is 12.0 Å². The minimum Gasteiger partial charge on any atom is -0.376 e. The van der Waals surface area contributed by atoms with E-state index in [0.29, 0.717) is 6.54 Å². The molecule has 2 heterocycles. The molecule has 21 heavy (non-hydrogen) atoms. The molecule has 7 heteroatoms. The summed E-state index contributed by atoms with van der Waals surface area (Å²) in [7, 11) is 0. The Morgan fingerprint density at radius 2 is 2.29 bits per heavy atom. The largest absolute Gasteiger partial charge is 0.376 e. The highest BCUT2D eigenvalue weighted by Crippen LogP contribution is 2.17. The average molecular weight is 287 g/mol. The topological polar surface area (TPSA) is 81.9 Å². The summed E-state index contributed by atoms with van der Waals surface area (Å²) in [6, 6.07) is 8.89. The third kappa shape index (κ3) is 3.25. The van der Waals surface area contributed by atoms with Crippen molar-refractivity contribution in [3.05, 3.63) is 42.2 Å². The van der Waals surface area contributed by atoms with Gasteiger partial charge in [0.15, 0.2) is 6.04 Å². The minimum absolute atomic E-state index is 0.110. The molecule has 0 saturated carbocycles. The second kappa shape index (κ2) is 6.45. The Morgan fingerprint density at radius 3 is 2.95 bits per heavy atom. The Kier molecular flexibility index (Phi) is 4.20. The molecule has 1 N–H and O–H groups in total. The number of tetrazole rings is 1. The van der Waals surface area contributed by atoms with Gasteiger partial charge in [-0.25, -0.2) is 4.68 Å². The summed E-state index contributed by atoms with van der Waals surface area (Å²) in [4.78, 5) is 12.5. The van der Waals surface area contributed by atoms with Crippen LogP contribution in [-0.4, -0.2) is 45.4 Å². The molecule has 1 amide bonds. The number of hydrogen-bond acceptors (Lipinski definition) is 5. The summed E-state index contributed by atoms with van der Waals surface area (Å²) in [5, 5.41) is 14.0. The van der Waals surface area contributed by atoms with Gasteiger partial charge in [0.1, 0.15) is 6.33 Å². The SMILES string of the molecule is O=C(NCC1CCCO1)[C@H](c1ccccc1)n1cnnn1. The van der Waals surface area contributed by atoms with E-state index in [1.54, 1.807) is 0 Å². The van der Waals surface area contributed by atoms with Gasteiger partial charge in [-0.05, 0) is 28.8 Å². The molecule has 1 aromatic heterocycles. The summed E-state index contributed by atoms with van der Waals surface area (Å²) in [6.45, 7) is 1.29. The second-order valence-electron chi connectivity index (χ2n) is 4.98. The van der Waals surface area contributed by atoms with Gasteiger partial charge in [0, 0.05) is 13.2 Å². The normalized spacial score (nSPS) is 19.3. The Bertz CT molecular complexity index is 566. The van der Waals surface area contributed by atoms with Crippen LogP contribution in [0.2, 0.25) is 0 Å². The molecule has 1 fully saturated rings. The first-order valence-corrected chi connectivity index (χ1v) is 7.01. The number of amides is 1. The molecule has 110 valence electrons. The van der Waals surface area contributed by atoms with Crippen LogP contribution in [0.15, 0.2) is 36.7 Å². The van der Waals surface area contributed by atoms with Gasteiger partial charge in [0.05, 0.1) is 6.10 Å². The van der Waals surface area contributed by atoms with Crippen LogP contribution in [-0.2, 0) is 9.53 Å². The molecule has 0 bridgehead atoms. The molecule has 1 aliphatic heterocycles. The number of carbonyl (C=O) groups is 1. The molecule has 0 spiro atoms. The summed E-state index contributed by atoms with van der Waals surface area (Å²) in [5.74, 6) is -0.135. The molecule has 2 aromatic rings. The maximum atomic E-state index is 12.5. The van der Waals surface area contributed by atoms with Crippen LogP contribution in [0.1, 0.15) is 24.4 Å². The summed E-state index contributed by atoms with van der Waals surface area (Å²) < 4.78 is 6.98. The number of hydrogen-bond donors (Lipinski definition) is 1. The molecule has 7 nitrogen and oxygen atoms in total. The van der Waals surface area contributed by atoms with Crippen LogP contribution in [0.3, 0.4) is 0 Å². The lowest BCUT2D eigenvalue weighted by molar-refractivity contribution is -0.124. The standard InChI is InChI=1S/C14H17N5O2/c20-14(15-9-12-7-4-8-21-12)13(19-10-16-17-18-19)11-5-2-1-3-6-11/h1-3,5-6,10,12-13H,4,7-9H2,(H,15,20)/t12?,13-/m0/s1. The van der Waals surface area contributed by atoms with Crippen molar-refractivity contribution in [1.82, 2.24) is 25.5 Å². The predicted molar refractivity (Wildman–Crippen MR) is 74.4 cm³/mol. The maximum absolute atomic E-state index is 12.5. The minimum atomic E-state index is -0.567. The molecule has 1 aromatic carbocycles. The number of benzene rings is 1. The molecule has 1 aliphatic rings. The predicted octanol–water partition coefficient (Wildman–Crippen LogP) is 0.558. The van der Waals surface area contributed by atoms with Crippen LogP contribution >= 0.6 is 0 Å². The summed E-state index contributed by atoms with van der Waals surface area (Å²) >= 11 is 0. The molecule has 0 aliphatic carbocycles. The molecule has 1 unspecified atom stereocenters. The van der Waals surface area contributed by atoms with Crippen molar-refractivity contribution in [2.45, 2.75) is 25.0 Å². The first-order valence-electron chi connectivity index (χ1n) is 7.01. The Hall–Kier alpha value is -2.28. The van der Waals surface area contributed by atoms with Crippen LogP contribution < -0.4 is 5.32 Å². The van der Waals surface area contributed by atoms with Gasteiger partial charge in [0.2, 0.25) is 5.91 Å².